The van der Waals surface area contributed by atoms with Gasteiger partial charge in [-0.15, -0.1) is 11.3 Å². The first-order valence-electron chi connectivity index (χ1n) is 7.51. The third kappa shape index (κ3) is 4.75. The van der Waals surface area contributed by atoms with Crippen LogP contribution < -0.4 is 5.32 Å². The molecular formula is C16H19N3O3S. The molecule has 23 heavy (non-hydrogen) atoms. The molecule has 1 aromatic heterocycles. The Balaban J connectivity index is 1.51. The number of benzene rings is 1. The Morgan fingerprint density at radius 2 is 2.04 bits per heavy atom. The molecule has 0 atom stereocenters. The second-order valence-electron chi connectivity index (χ2n) is 5.42. The Bertz CT molecular complexity index is 651. The summed E-state index contributed by atoms with van der Waals surface area (Å²) in [5.41, 5.74) is 1.82. The Morgan fingerprint density at radius 3 is 2.78 bits per heavy atom. The van der Waals surface area contributed by atoms with E-state index < -0.39 is 0 Å². The topological polar surface area (TPSA) is 74.7 Å². The van der Waals surface area contributed by atoms with Crippen LogP contribution in [0.1, 0.15) is 11.3 Å². The van der Waals surface area contributed by atoms with Crippen molar-refractivity contribution in [3.8, 4) is 5.75 Å². The predicted molar refractivity (Wildman–Crippen MR) is 88.7 cm³/mol. The summed E-state index contributed by atoms with van der Waals surface area (Å²) in [7, 11) is 0. The van der Waals surface area contributed by atoms with Crippen molar-refractivity contribution in [1.29, 1.82) is 0 Å². The van der Waals surface area contributed by atoms with E-state index >= 15 is 0 Å². The predicted octanol–water partition coefficient (Wildman–Crippen LogP) is 1.86. The summed E-state index contributed by atoms with van der Waals surface area (Å²) in [6.07, 6.45) is 0.263. The summed E-state index contributed by atoms with van der Waals surface area (Å²) in [6, 6.07) is 6.63. The SMILES string of the molecule is O=C(Cc1ccc(O)cc1)Nc1nc(CN2CCOCC2)cs1. The maximum absolute atomic E-state index is 12.0. The number of thiazole rings is 1. The number of nitrogens with zero attached hydrogens (tertiary/aromatic N) is 2. The molecule has 1 aliphatic rings. The van der Waals surface area contributed by atoms with Crippen molar-refractivity contribution >= 4 is 22.4 Å². The smallest absolute Gasteiger partial charge is 0.230 e. The lowest BCUT2D eigenvalue weighted by molar-refractivity contribution is -0.115. The molecule has 1 aliphatic heterocycles. The van der Waals surface area contributed by atoms with Gasteiger partial charge in [-0.05, 0) is 17.7 Å². The molecule has 122 valence electrons. The number of anilines is 1. The molecule has 2 aromatic rings. The van der Waals surface area contributed by atoms with E-state index in [9.17, 15) is 9.90 Å². The highest BCUT2D eigenvalue weighted by molar-refractivity contribution is 7.13. The van der Waals surface area contributed by atoms with Crippen LogP contribution in [0.3, 0.4) is 0 Å². The Hall–Kier alpha value is -1.96. The van der Waals surface area contributed by atoms with Crippen molar-refractivity contribution in [2.24, 2.45) is 0 Å². The van der Waals surface area contributed by atoms with E-state index in [4.69, 9.17) is 4.74 Å². The molecule has 2 heterocycles. The summed E-state index contributed by atoms with van der Waals surface area (Å²) in [6.45, 7) is 4.15. The summed E-state index contributed by atoms with van der Waals surface area (Å²) < 4.78 is 5.33. The van der Waals surface area contributed by atoms with E-state index in [1.807, 2.05) is 5.38 Å². The Labute approximate surface area is 138 Å². The van der Waals surface area contributed by atoms with Gasteiger partial charge in [-0.25, -0.2) is 4.98 Å². The van der Waals surface area contributed by atoms with E-state index in [2.05, 4.69) is 15.2 Å². The third-order valence-corrected chi connectivity index (χ3v) is 4.39. The van der Waals surface area contributed by atoms with Crippen molar-refractivity contribution < 1.29 is 14.6 Å². The molecule has 0 unspecified atom stereocenters. The van der Waals surface area contributed by atoms with E-state index in [1.165, 1.54) is 11.3 Å². The zero-order chi connectivity index (χ0) is 16.1. The fourth-order valence-electron chi connectivity index (χ4n) is 2.39. The molecule has 3 rings (SSSR count). The lowest BCUT2D eigenvalue weighted by Gasteiger charge is -2.25. The monoisotopic (exact) mass is 333 g/mol. The van der Waals surface area contributed by atoms with Gasteiger partial charge in [0.15, 0.2) is 5.13 Å². The van der Waals surface area contributed by atoms with Crippen LogP contribution in [0.25, 0.3) is 0 Å². The van der Waals surface area contributed by atoms with Crippen molar-refractivity contribution in [3.63, 3.8) is 0 Å². The quantitative estimate of drug-likeness (QED) is 0.874. The van der Waals surface area contributed by atoms with Gasteiger partial charge in [-0.1, -0.05) is 12.1 Å². The first-order chi connectivity index (χ1) is 11.2. The average molecular weight is 333 g/mol. The van der Waals surface area contributed by atoms with Crippen LogP contribution in [0.2, 0.25) is 0 Å². The van der Waals surface area contributed by atoms with Gasteiger partial charge in [0.25, 0.3) is 0 Å². The Kier molecular flexibility index (Phi) is 5.22. The molecule has 2 N–H and O–H groups in total. The first kappa shape index (κ1) is 15.9. The number of carbonyl (C=O) groups excluding carboxylic acids is 1. The van der Waals surface area contributed by atoms with Crippen LogP contribution in [0.5, 0.6) is 5.75 Å². The minimum atomic E-state index is -0.108. The molecule has 0 spiro atoms. The number of carbonyl (C=O) groups is 1. The largest absolute Gasteiger partial charge is 0.508 e. The van der Waals surface area contributed by atoms with Crippen LogP contribution in [0, 0.1) is 0 Å². The Morgan fingerprint density at radius 1 is 1.30 bits per heavy atom. The summed E-state index contributed by atoms with van der Waals surface area (Å²) in [5.74, 6) is 0.0878. The lowest BCUT2D eigenvalue weighted by Crippen LogP contribution is -2.35. The number of ether oxygens (including phenoxy) is 1. The molecule has 0 bridgehead atoms. The molecule has 0 radical (unpaired) electrons. The van der Waals surface area contributed by atoms with Gasteiger partial charge in [0, 0.05) is 25.0 Å². The molecule has 1 amide bonds. The van der Waals surface area contributed by atoms with Gasteiger partial charge < -0.3 is 15.2 Å². The number of nitrogens with one attached hydrogen (secondary N) is 1. The van der Waals surface area contributed by atoms with E-state index in [0.717, 1.165) is 44.1 Å². The van der Waals surface area contributed by atoms with E-state index in [0.29, 0.717) is 5.13 Å². The minimum Gasteiger partial charge on any atom is -0.508 e. The summed E-state index contributed by atoms with van der Waals surface area (Å²) >= 11 is 1.44. The fourth-order valence-corrected chi connectivity index (χ4v) is 3.11. The number of phenolic OH excluding ortho intramolecular Hbond substituents is 1. The van der Waals surface area contributed by atoms with Crippen LogP contribution in [0.4, 0.5) is 5.13 Å². The maximum atomic E-state index is 12.0. The van der Waals surface area contributed by atoms with Crippen molar-refractivity contribution in [1.82, 2.24) is 9.88 Å². The molecule has 0 aliphatic carbocycles. The number of phenols is 1. The van der Waals surface area contributed by atoms with E-state index in [1.54, 1.807) is 24.3 Å². The summed E-state index contributed by atoms with van der Waals surface area (Å²) in [4.78, 5) is 18.8. The second-order valence-corrected chi connectivity index (χ2v) is 6.28. The lowest BCUT2D eigenvalue weighted by atomic mass is 10.1. The number of morpholine rings is 1. The average Bonchev–Trinajstić information content (AvgIpc) is 2.97. The van der Waals surface area contributed by atoms with Crippen molar-refractivity contribution in [2.45, 2.75) is 13.0 Å². The van der Waals surface area contributed by atoms with Gasteiger partial charge in [-0.3, -0.25) is 9.69 Å². The highest BCUT2D eigenvalue weighted by atomic mass is 32.1. The second kappa shape index (κ2) is 7.54. The molecule has 1 saturated heterocycles. The normalized spacial score (nSPS) is 15.5. The first-order valence-corrected chi connectivity index (χ1v) is 8.39. The van der Waals surface area contributed by atoms with Crippen LogP contribution >= 0.6 is 11.3 Å². The molecular weight excluding hydrogens is 314 g/mol. The van der Waals surface area contributed by atoms with Gasteiger partial charge in [0.05, 0.1) is 25.3 Å². The molecule has 6 nitrogen and oxygen atoms in total. The number of aromatic hydroxyl groups is 1. The molecule has 7 heteroatoms. The van der Waals surface area contributed by atoms with Crippen LogP contribution in [0.15, 0.2) is 29.6 Å². The van der Waals surface area contributed by atoms with Crippen molar-refractivity contribution in [2.75, 3.05) is 31.6 Å². The third-order valence-electron chi connectivity index (χ3n) is 3.59. The zero-order valence-corrected chi connectivity index (χ0v) is 13.5. The highest BCUT2D eigenvalue weighted by Crippen LogP contribution is 2.18. The van der Waals surface area contributed by atoms with E-state index in [-0.39, 0.29) is 18.1 Å². The van der Waals surface area contributed by atoms with Crippen LogP contribution in [-0.4, -0.2) is 47.2 Å². The number of amides is 1. The maximum Gasteiger partial charge on any atom is 0.230 e. The standard InChI is InChI=1S/C16H19N3O3S/c20-14-3-1-12(2-4-14)9-15(21)18-16-17-13(11-23-16)10-19-5-7-22-8-6-19/h1-4,11,20H,5-10H2,(H,17,18,21). The fraction of sp³-hybridized carbons (Fsp3) is 0.375. The minimum absolute atomic E-state index is 0.108. The molecule has 1 aromatic carbocycles. The van der Waals surface area contributed by atoms with Gasteiger partial charge in [0.2, 0.25) is 5.91 Å². The number of hydrogen-bond acceptors (Lipinski definition) is 6. The number of aromatic nitrogens is 1. The van der Waals surface area contributed by atoms with Gasteiger partial charge in [-0.2, -0.15) is 0 Å². The summed E-state index contributed by atoms with van der Waals surface area (Å²) in [5, 5.41) is 14.7. The van der Waals surface area contributed by atoms with Crippen molar-refractivity contribution in [3.05, 3.63) is 40.9 Å². The number of rotatable bonds is 5. The molecule has 1 fully saturated rings. The molecule has 0 saturated carbocycles. The highest BCUT2D eigenvalue weighted by Gasteiger charge is 2.13. The van der Waals surface area contributed by atoms with Crippen LogP contribution in [-0.2, 0) is 22.5 Å². The van der Waals surface area contributed by atoms with Gasteiger partial charge in [0.1, 0.15) is 5.75 Å². The number of hydrogen-bond donors (Lipinski definition) is 2. The zero-order valence-electron chi connectivity index (χ0n) is 12.7. The van der Waals surface area contributed by atoms with Gasteiger partial charge >= 0.3 is 0 Å².